The number of hydrogen-bond donors (Lipinski definition) is 2. The summed E-state index contributed by atoms with van der Waals surface area (Å²) in [4.78, 5) is 35.9. The zero-order valence-electron chi connectivity index (χ0n) is 16.1. The van der Waals surface area contributed by atoms with Gasteiger partial charge in [0.2, 0.25) is 5.91 Å². The number of anilines is 2. The molecule has 2 N–H and O–H groups in total. The average molecular weight is 364 g/mol. The van der Waals surface area contributed by atoms with E-state index in [0.29, 0.717) is 16.8 Å². The van der Waals surface area contributed by atoms with E-state index in [-0.39, 0.29) is 11.7 Å². The summed E-state index contributed by atoms with van der Waals surface area (Å²) >= 11 is 0. The molecule has 27 heavy (non-hydrogen) atoms. The summed E-state index contributed by atoms with van der Waals surface area (Å²) < 4.78 is 0. The lowest BCUT2D eigenvalue weighted by molar-refractivity contribution is -0.114. The van der Waals surface area contributed by atoms with Crippen molar-refractivity contribution >= 4 is 29.0 Å². The van der Waals surface area contributed by atoms with Crippen molar-refractivity contribution in [2.45, 2.75) is 34.1 Å². The zero-order chi connectivity index (χ0) is 20.0. The number of amides is 2. The Balaban J connectivity index is 2.06. The van der Waals surface area contributed by atoms with Crippen LogP contribution in [0.1, 0.15) is 42.3 Å². The van der Waals surface area contributed by atoms with E-state index in [9.17, 15) is 14.4 Å². The number of carbonyl (C=O) groups excluding carboxylic acids is 3. The minimum absolute atomic E-state index is 0.0389. The number of rotatable bonds is 6. The highest BCUT2D eigenvalue weighted by Crippen LogP contribution is 2.21. The van der Waals surface area contributed by atoms with Crippen LogP contribution in [0.5, 0.6) is 0 Å². The number of aryl methyl sites for hydroxylation is 2. The molecule has 0 aromatic heterocycles. The molecule has 0 spiro atoms. The molecule has 0 aliphatic carbocycles. The summed E-state index contributed by atoms with van der Waals surface area (Å²) in [5, 5.41) is 5.58. The monoisotopic (exact) mass is 364 g/mol. The highest BCUT2D eigenvalue weighted by Gasteiger charge is 2.11. The van der Waals surface area contributed by atoms with Crippen molar-refractivity contribution in [1.82, 2.24) is 0 Å². The van der Waals surface area contributed by atoms with Gasteiger partial charge in [0.05, 0.1) is 0 Å². The minimum Gasteiger partial charge on any atom is -0.323 e. The largest absolute Gasteiger partial charge is 0.323 e. The molecule has 0 bridgehead atoms. The smallest absolute Gasteiger partial charge is 0.251 e. The molecule has 2 amide bonds. The number of nitrogens with one attached hydrogen (secondary N) is 2. The quantitative estimate of drug-likeness (QED) is 0.593. The fourth-order valence-corrected chi connectivity index (χ4v) is 2.64. The van der Waals surface area contributed by atoms with Gasteiger partial charge in [-0.05, 0) is 62.6 Å². The van der Waals surface area contributed by atoms with Crippen LogP contribution in [-0.4, -0.2) is 17.6 Å². The van der Waals surface area contributed by atoms with Gasteiger partial charge in [0.1, 0.15) is 0 Å². The Morgan fingerprint density at radius 1 is 0.963 bits per heavy atom. The maximum Gasteiger partial charge on any atom is 0.251 e. The Kier molecular flexibility index (Phi) is 6.66. The van der Waals surface area contributed by atoms with Gasteiger partial charge in [-0.2, -0.15) is 0 Å². The van der Waals surface area contributed by atoms with Crippen molar-refractivity contribution in [3.63, 3.8) is 0 Å². The van der Waals surface area contributed by atoms with Gasteiger partial charge in [-0.1, -0.05) is 25.1 Å². The van der Waals surface area contributed by atoms with E-state index in [1.54, 1.807) is 31.2 Å². The third kappa shape index (κ3) is 5.38. The Morgan fingerprint density at radius 3 is 2.22 bits per heavy atom. The summed E-state index contributed by atoms with van der Waals surface area (Å²) in [6, 6.07) is 12.5. The maximum atomic E-state index is 12.4. The SMILES string of the molecule is CCc1cccc(C)c1NC(=O)/C(C)=C\C(=O)Nc1ccc(C(C)=O)cc1. The van der Waals surface area contributed by atoms with Crippen molar-refractivity contribution < 1.29 is 14.4 Å². The van der Waals surface area contributed by atoms with Crippen LogP contribution in [0.25, 0.3) is 0 Å². The zero-order valence-corrected chi connectivity index (χ0v) is 16.1. The van der Waals surface area contributed by atoms with Crippen LogP contribution < -0.4 is 10.6 Å². The van der Waals surface area contributed by atoms with Crippen LogP contribution in [0.2, 0.25) is 0 Å². The van der Waals surface area contributed by atoms with Crippen LogP contribution in [-0.2, 0) is 16.0 Å². The molecule has 0 aliphatic heterocycles. The lowest BCUT2D eigenvalue weighted by Gasteiger charge is -2.13. The van der Waals surface area contributed by atoms with Crippen LogP contribution in [0.4, 0.5) is 11.4 Å². The second-order valence-corrected chi connectivity index (χ2v) is 6.37. The first-order valence-electron chi connectivity index (χ1n) is 8.82. The second-order valence-electron chi connectivity index (χ2n) is 6.37. The summed E-state index contributed by atoms with van der Waals surface area (Å²) in [7, 11) is 0. The Hall–Kier alpha value is -3.21. The van der Waals surface area contributed by atoms with E-state index >= 15 is 0 Å². The molecular weight excluding hydrogens is 340 g/mol. The van der Waals surface area contributed by atoms with Gasteiger partial charge >= 0.3 is 0 Å². The summed E-state index contributed by atoms with van der Waals surface area (Å²) in [5.74, 6) is -0.761. The maximum absolute atomic E-state index is 12.4. The Morgan fingerprint density at radius 2 is 1.63 bits per heavy atom. The van der Waals surface area contributed by atoms with E-state index in [1.165, 1.54) is 13.0 Å². The fourth-order valence-electron chi connectivity index (χ4n) is 2.64. The third-order valence-corrected chi connectivity index (χ3v) is 4.24. The number of carbonyl (C=O) groups is 3. The highest BCUT2D eigenvalue weighted by molar-refractivity contribution is 6.10. The van der Waals surface area contributed by atoms with Crippen molar-refractivity contribution in [3.05, 3.63) is 70.8 Å². The number of hydrogen-bond acceptors (Lipinski definition) is 3. The summed E-state index contributed by atoms with van der Waals surface area (Å²) in [6.45, 7) is 7.04. The van der Waals surface area contributed by atoms with Crippen molar-refractivity contribution in [2.75, 3.05) is 10.6 Å². The van der Waals surface area contributed by atoms with Crippen LogP contribution in [0, 0.1) is 6.92 Å². The number of Topliss-reactive ketones (excluding diaryl/α,β-unsaturated/α-hetero) is 1. The van der Waals surface area contributed by atoms with Gasteiger partial charge in [0, 0.05) is 28.6 Å². The molecular formula is C22H24N2O3. The second kappa shape index (κ2) is 8.94. The van der Waals surface area contributed by atoms with Gasteiger partial charge in [0.25, 0.3) is 5.91 Å². The first-order chi connectivity index (χ1) is 12.8. The van der Waals surface area contributed by atoms with E-state index in [4.69, 9.17) is 0 Å². The van der Waals surface area contributed by atoms with Crippen LogP contribution in [0.3, 0.4) is 0 Å². The van der Waals surface area contributed by atoms with Gasteiger partial charge in [-0.25, -0.2) is 0 Å². The molecule has 0 unspecified atom stereocenters. The molecule has 0 fully saturated rings. The van der Waals surface area contributed by atoms with Gasteiger partial charge in [0.15, 0.2) is 5.78 Å². The predicted octanol–water partition coefficient (Wildman–Crippen LogP) is 4.28. The molecule has 2 aromatic carbocycles. The lowest BCUT2D eigenvalue weighted by atomic mass is 10.1. The topological polar surface area (TPSA) is 75.3 Å². The molecule has 0 atom stereocenters. The summed E-state index contributed by atoms with van der Waals surface area (Å²) in [5.41, 5.74) is 4.25. The van der Waals surface area contributed by atoms with Gasteiger partial charge in [-0.15, -0.1) is 0 Å². The normalized spacial score (nSPS) is 11.0. The Labute approximate surface area is 159 Å². The van der Waals surface area contributed by atoms with E-state index in [1.807, 2.05) is 32.0 Å². The number of ketones is 1. The summed E-state index contributed by atoms with van der Waals surface area (Å²) in [6.07, 6.45) is 2.06. The Bertz CT molecular complexity index is 896. The van der Waals surface area contributed by atoms with E-state index in [2.05, 4.69) is 10.6 Å². The van der Waals surface area contributed by atoms with Gasteiger partial charge < -0.3 is 10.6 Å². The first-order valence-corrected chi connectivity index (χ1v) is 8.82. The molecule has 0 heterocycles. The molecule has 5 nitrogen and oxygen atoms in total. The van der Waals surface area contributed by atoms with Crippen LogP contribution >= 0.6 is 0 Å². The van der Waals surface area contributed by atoms with Crippen molar-refractivity contribution in [3.8, 4) is 0 Å². The lowest BCUT2D eigenvalue weighted by Crippen LogP contribution is -2.17. The average Bonchev–Trinajstić information content (AvgIpc) is 2.63. The number of benzene rings is 2. The van der Waals surface area contributed by atoms with Gasteiger partial charge in [-0.3, -0.25) is 14.4 Å². The molecule has 0 saturated carbocycles. The van der Waals surface area contributed by atoms with Crippen molar-refractivity contribution in [1.29, 1.82) is 0 Å². The number of para-hydroxylation sites is 1. The fraction of sp³-hybridized carbons (Fsp3) is 0.227. The van der Waals surface area contributed by atoms with Crippen LogP contribution in [0.15, 0.2) is 54.1 Å². The molecule has 0 saturated heterocycles. The molecule has 5 heteroatoms. The van der Waals surface area contributed by atoms with Crippen molar-refractivity contribution in [2.24, 2.45) is 0 Å². The predicted molar refractivity (Wildman–Crippen MR) is 108 cm³/mol. The standard InChI is InChI=1S/C22H24N2O3/c1-5-17-8-6-7-14(2)21(17)24-22(27)15(3)13-20(26)23-19-11-9-18(10-12-19)16(4)25/h6-13H,5H2,1-4H3,(H,23,26)(H,24,27)/b15-13-. The highest BCUT2D eigenvalue weighted by atomic mass is 16.2. The molecule has 0 aliphatic rings. The minimum atomic E-state index is -0.404. The molecule has 0 radical (unpaired) electrons. The van der Waals surface area contributed by atoms with E-state index in [0.717, 1.165) is 23.2 Å². The molecule has 2 aromatic rings. The molecule has 140 valence electrons. The third-order valence-electron chi connectivity index (χ3n) is 4.24. The first kappa shape index (κ1) is 20.1. The van der Waals surface area contributed by atoms with E-state index < -0.39 is 5.91 Å². The molecule has 2 rings (SSSR count).